The Bertz CT molecular complexity index is 2400. The molecule has 0 bridgehead atoms. The summed E-state index contributed by atoms with van der Waals surface area (Å²) in [5, 5.41) is 1.22. The van der Waals surface area contributed by atoms with Crippen molar-refractivity contribution in [3.05, 3.63) is 147 Å². The molecule has 0 aliphatic rings. The number of rotatable bonds is 14. The van der Waals surface area contributed by atoms with E-state index in [1.54, 1.807) is 0 Å². The smallest absolute Gasteiger partial charge is 0.299 e. The first kappa shape index (κ1) is 50.0. The molecule has 0 aliphatic carbocycles. The summed E-state index contributed by atoms with van der Waals surface area (Å²) in [7, 11) is 0. The van der Waals surface area contributed by atoms with E-state index in [1.807, 2.05) is 0 Å². The van der Waals surface area contributed by atoms with Crippen LogP contribution >= 0.6 is 56.8 Å². The standard InChI is InChI=1S/C54H72Br3N4P2/c1-33(2)41-21-17-22-42(34(3)4)49(41)58-29-30-59(50-43(35(5)6)23-18-24-44(50)36(7)8)53(58)62(55)63(56,57)54-60(51-45(37(9)10)25-19-26-46(51)38(11)12)31-32-61(54)52-47(39(13)14)27-20-28-48(52)40(15)16/h17-40H,1-16H3/q+1. The van der Waals surface area contributed by atoms with Crippen molar-refractivity contribution in [2.75, 3.05) is 0 Å². The maximum Gasteiger partial charge on any atom is 0.304 e. The van der Waals surface area contributed by atoms with Gasteiger partial charge in [0.05, 0.1) is 11.4 Å². The molecule has 0 aliphatic heterocycles. The number of imidazole rings is 2. The molecule has 0 spiro atoms. The van der Waals surface area contributed by atoms with E-state index >= 15 is 0 Å². The third-order valence-corrected chi connectivity index (χ3v) is 37.6. The predicted octanol–water partition coefficient (Wildman–Crippen LogP) is 18.5. The second-order valence-corrected chi connectivity index (χ2v) is 41.4. The Balaban J connectivity index is 1.92. The minimum Gasteiger partial charge on any atom is -0.299 e. The normalized spacial score (nSPS) is 13.1. The van der Waals surface area contributed by atoms with Crippen molar-refractivity contribution < 1.29 is 4.57 Å². The second-order valence-electron chi connectivity index (χ2n) is 19.8. The lowest BCUT2D eigenvalue weighted by Crippen LogP contribution is -2.47. The lowest BCUT2D eigenvalue weighted by Gasteiger charge is -2.26. The molecule has 0 radical (unpaired) electrons. The first-order chi connectivity index (χ1) is 29.6. The van der Waals surface area contributed by atoms with Crippen LogP contribution in [-0.4, -0.2) is 13.7 Å². The Hall–Kier alpha value is -2.40. The molecule has 1 atom stereocenters. The highest BCUT2D eigenvalue weighted by Gasteiger charge is 2.41. The third kappa shape index (κ3) is 9.59. The summed E-state index contributed by atoms with van der Waals surface area (Å²) in [4.78, 5) is 0. The van der Waals surface area contributed by atoms with Crippen LogP contribution in [0.15, 0.2) is 97.6 Å². The van der Waals surface area contributed by atoms with Gasteiger partial charge in [0.15, 0.2) is 0 Å². The third-order valence-electron chi connectivity index (χ3n) is 12.6. The van der Waals surface area contributed by atoms with Gasteiger partial charge in [-0.05, 0) is 116 Å². The zero-order valence-corrected chi connectivity index (χ0v) is 47.2. The molecule has 338 valence electrons. The molecule has 4 nitrogen and oxygen atoms in total. The fraction of sp³-hybridized carbons (Fsp3) is 0.444. The summed E-state index contributed by atoms with van der Waals surface area (Å²) < 4.78 is 7.64. The topological polar surface area (TPSA) is 18.7 Å². The number of hydrogen-bond donors (Lipinski definition) is 0. The van der Waals surface area contributed by atoms with E-state index in [1.165, 1.54) is 78.0 Å². The van der Waals surface area contributed by atoms with Crippen molar-refractivity contribution >= 4 is 62.3 Å². The summed E-state index contributed by atoms with van der Waals surface area (Å²) in [6, 6.07) is 27.8. The van der Waals surface area contributed by atoms with Gasteiger partial charge in [-0.3, -0.25) is 9.13 Å². The Morgan fingerprint density at radius 2 is 0.683 bits per heavy atom. The lowest BCUT2D eigenvalue weighted by atomic mass is 9.92. The fourth-order valence-corrected chi connectivity index (χ4v) is 20.4. The molecular weight excluding hydrogens is 1010 g/mol. The SMILES string of the molecule is CC(C)c1cccc(C(C)C)c1-n1cc[n+](-c2c(C(C)C)cccc2C(C)C)c1P(Br)P(Br)(Br)=c1n(-c2c(C(C)C)cccc2C(C)C)ccn1-c1c(C(C)C)cccc1C(C)C. The Kier molecular flexibility index (Phi) is 16.1. The largest absolute Gasteiger partial charge is 0.304 e. The van der Waals surface area contributed by atoms with Gasteiger partial charge in [-0.25, -0.2) is 0 Å². The van der Waals surface area contributed by atoms with Crippen LogP contribution in [0, 0.1) is 5.20 Å². The van der Waals surface area contributed by atoms with Crippen LogP contribution in [0.25, 0.3) is 22.7 Å². The number of nitrogens with zero attached hydrogens (tertiary/aromatic N) is 4. The molecule has 0 saturated heterocycles. The molecule has 6 aromatic rings. The van der Waals surface area contributed by atoms with Crippen molar-refractivity contribution in [2.24, 2.45) is 0 Å². The van der Waals surface area contributed by atoms with E-state index in [0.29, 0.717) is 47.3 Å². The minimum absolute atomic E-state index is 0.323. The summed E-state index contributed by atoms with van der Waals surface area (Å²) in [5.41, 5.74) is 17.2. The second kappa shape index (κ2) is 20.2. The summed E-state index contributed by atoms with van der Waals surface area (Å²) in [6.45, 7) is 37.3. The molecule has 0 fully saturated rings. The van der Waals surface area contributed by atoms with Crippen LogP contribution in [0.2, 0.25) is 0 Å². The van der Waals surface area contributed by atoms with Crippen LogP contribution in [0.1, 0.15) is 203 Å². The molecular formula is C54H72Br3N4P2+. The number of benzene rings is 4. The molecule has 1 unspecified atom stereocenters. The molecule has 2 heterocycles. The Labute approximate surface area is 405 Å². The van der Waals surface area contributed by atoms with Crippen LogP contribution in [0.4, 0.5) is 0 Å². The van der Waals surface area contributed by atoms with Gasteiger partial charge in [0, 0.05) is 34.6 Å². The van der Waals surface area contributed by atoms with Gasteiger partial charge in [-0.2, -0.15) is 9.13 Å². The van der Waals surface area contributed by atoms with Gasteiger partial charge >= 0.3 is 5.57 Å². The van der Waals surface area contributed by atoms with Crippen LogP contribution in [0.3, 0.4) is 0 Å². The van der Waals surface area contributed by atoms with Gasteiger partial charge in [-0.1, -0.05) is 184 Å². The number of para-hydroxylation sites is 4. The van der Waals surface area contributed by atoms with Crippen molar-refractivity contribution in [1.82, 2.24) is 13.7 Å². The van der Waals surface area contributed by atoms with E-state index in [4.69, 9.17) is 46.5 Å². The molecule has 4 aromatic carbocycles. The van der Waals surface area contributed by atoms with E-state index in [0.717, 1.165) is 0 Å². The predicted molar refractivity (Wildman–Crippen MR) is 289 cm³/mol. The van der Waals surface area contributed by atoms with Gasteiger partial charge < -0.3 is 0 Å². The average molecular weight is 1080 g/mol. The van der Waals surface area contributed by atoms with E-state index in [-0.39, 0.29) is 0 Å². The van der Waals surface area contributed by atoms with Gasteiger partial charge in [-0.15, -0.1) is 0 Å². The first-order valence-electron chi connectivity index (χ1n) is 23.2. The highest BCUT2D eigenvalue weighted by Crippen LogP contribution is 2.90. The molecule has 0 N–H and O–H groups in total. The number of aromatic nitrogens is 4. The molecule has 0 amide bonds. The maximum absolute atomic E-state index is 4.74. The minimum atomic E-state index is -2.59. The highest BCUT2D eigenvalue weighted by molar-refractivity contribution is 9.83. The Morgan fingerprint density at radius 3 is 0.968 bits per heavy atom. The average Bonchev–Trinajstić information content (AvgIpc) is 3.87. The highest BCUT2D eigenvalue weighted by atomic mass is 79.9. The fourth-order valence-electron chi connectivity index (χ4n) is 9.25. The lowest BCUT2D eigenvalue weighted by molar-refractivity contribution is -0.576. The maximum atomic E-state index is 4.74. The van der Waals surface area contributed by atoms with Crippen LogP contribution < -0.4 is 10.1 Å². The Morgan fingerprint density at radius 1 is 0.413 bits per heavy atom. The van der Waals surface area contributed by atoms with Crippen molar-refractivity contribution in [1.29, 1.82) is 0 Å². The number of hydrogen-bond acceptors (Lipinski definition) is 0. The molecule has 63 heavy (non-hydrogen) atoms. The summed E-state index contributed by atoms with van der Waals surface area (Å²) in [5.74, 6) is 2.60. The van der Waals surface area contributed by atoms with Crippen molar-refractivity contribution in [2.45, 2.75) is 158 Å². The summed E-state index contributed by atoms with van der Waals surface area (Å²) in [6.07, 6.45) is 8.18. The van der Waals surface area contributed by atoms with Gasteiger partial charge in [0.2, 0.25) is 0 Å². The number of halogens is 3. The molecule has 6 rings (SSSR count). The molecule has 9 heteroatoms. The van der Waals surface area contributed by atoms with Crippen LogP contribution in [-0.2, 0) is 0 Å². The van der Waals surface area contributed by atoms with Crippen molar-refractivity contribution in [3.63, 3.8) is 0 Å². The zero-order chi connectivity index (χ0) is 46.4. The quantitative estimate of drug-likeness (QED) is 0.0765. The van der Waals surface area contributed by atoms with Crippen molar-refractivity contribution in [3.8, 4) is 22.7 Å². The van der Waals surface area contributed by atoms with E-state index in [2.05, 4.69) is 227 Å². The molecule has 2 aromatic heterocycles. The van der Waals surface area contributed by atoms with E-state index in [9.17, 15) is 0 Å². The first-order valence-corrected chi connectivity index (χ1v) is 33.1. The van der Waals surface area contributed by atoms with E-state index < -0.39 is 10.3 Å². The zero-order valence-electron chi connectivity index (χ0n) is 40.7. The van der Waals surface area contributed by atoms with Gasteiger partial charge in [0.25, 0.3) is 0 Å². The molecule has 0 saturated carbocycles. The monoisotopic (exact) mass is 1080 g/mol. The summed E-state index contributed by atoms with van der Waals surface area (Å²) >= 11 is 14.2. The van der Waals surface area contributed by atoms with Gasteiger partial charge in [0.1, 0.15) is 39.3 Å². The van der Waals surface area contributed by atoms with Crippen LogP contribution in [0.5, 0.6) is 0 Å².